The average molecular weight is 401 g/mol. The van der Waals surface area contributed by atoms with Gasteiger partial charge in [0.15, 0.2) is 0 Å². The van der Waals surface area contributed by atoms with Crippen molar-refractivity contribution in [3.05, 3.63) is 58.3 Å². The number of carbonyl (C=O) groups is 1. The van der Waals surface area contributed by atoms with Gasteiger partial charge in [-0.1, -0.05) is 22.9 Å². The number of amides is 1. The van der Waals surface area contributed by atoms with Crippen LogP contribution in [0.4, 0.5) is 10.1 Å². The molecule has 0 atom stereocenters. The third-order valence-electron chi connectivity index (χ3n) is 2.94. The maximum absolute atomic E-state index is 13.7. The molecule has 0 saturated heterocycles. The molecule has 1 amide bonds. The van der Waals surface area contributed by atoms with E-state index in [1.807, 2.05) is 0 Å². The number of sulfonamides is 1. The molecule has 0 aromatic heterocycles. The van der Waals surface area contributed by atoms with Crippen molar-refractivity contribution in [3.63, 3.8) is 0 Å². The molecular weight excluding hydrogens is 387 g/mol. The number of anilines is 1. The Kier molecular flexibility index (Phi) is 5.51. The molecule has 2 N–H and O–H groups in total. The summed E-state index contributed by atoms with van der Waals surface area (Å²) >= 11 is 3.13. The van der Waals surface area contributed by atoms with Gasteiger partial charge in [-0.15, -0.1) is 0 Å². The quantitative estimate of drug-likeness (QED) is 0.809. The lowest BCUT2D eigenvalue weighted by Gasteiger charge is -2.08. The Labute approximate surface area is 142 Å². The van der Waals surface area contributed by atoms with Gasteiger partial charge in [0, 0.05) is 16.6 Å². The van der Waals surface area contributed by atoms with Gasteiger partial charge in [0.2, 0.25) is 10.0 Å². The lowest BCUT2D eigenvalue weighted by molar-refractivity contribution is 0.102. The summed E-state index contributed by atoms with van der Waals surface area (Å²) in [6, 6.07) is 9.66. The Bertz CT molecular complexity index is 823. The zero-order valence-corrected chi connectivity index (χ0v) is 14.5. The fourth-order valence-corrected chi connectivity index (χ4v) is 3.22. The Morgan fingerprint density at radius 1 is 1.17 bits per heavy atom. The van der Waals surface area contributed by atoms with Crippen LogP contribution in [0.25, 0.3) is 0 Å². The number of halogens is 2. The number of hydrogen-bond donors (Lipinski definition) is 2. The molecule has 2 aromatic carbocycles. The molecule has 122 valence electrons. The van der Waals surface area contributed by atoms with E-state index in [1.54, 1.807) is 13.0 Å². The third kappa shape index (κ3) is 4.37. The van der Waals surface area contributed by atoms with E-state index in [4.69, 9.17) is 0 Å². The molecule has 0 saturated carbocycles. The highest BCUT2D eigenvalue weighted by Gasteiger charge is 2.14. The van der Waals surface area contributed by atoms with Crippen LogP contribution in [0.15, 0.2) is 51.8 Å². The summed E-state index contributed by atoms with van der Waals surface area (Å²) in [5.74, 6) is -1.10. The normalized spacial score (nSPS) is 11.3. The summed E-state index contributed by atoms with van der Waals surface area (Å²) in [6.07, 6.45) is 0. The highest BCUT2D eigenvalue weighted by molar-refractivity contribution is 9.10. The van der Waals surface area contributed by atoms with Crippen LogP contribution >= 0.6 is 15.9 Å². The van der Waals surface area contributed by atoms with Gasteiger partial charge in [-0.05, 0) is 42.5 Å². The van der Waals surface area contributed by atoms with Crippen molar-refractivity contribution < 1.29 is 17.6 Å². The minimum absolute atomic E-state index is 0.0440. The topological polar surface area (TPSA) is 75.3 Å². The van der Waals surface area contributed by atoms with E-state index in [1.165, 1.54) is 36.4 Å². The first kappa shape index (κ1) is 17.6. The van der Waals surface area contributed by atoms with Gasteiger partial charge in [0.1, 0.15) is 5.82 Å². The maximum atomic E-state index is 13.7. The van der Waals surface area contributed by atoms with Crippen molar-refractivity contribution in [2.75, 3.05) is 11.9 Å². The Hall–Kier alpha value is -1.77. The molecule has 0 radical (unpaired) electrons. The van der Waals surface area contributed by atoms with Gasteiger partial charge >= 0.3 is 0 Å². The number of hydrogen-bond acceptors (Lipinski definition) is 3. The summed E-state index contributed by atoms with van der Waals surface area (Å²) in [5.41, 5.74) is 0.269. The highest BCUT2D eigenvalue weighted by atomic mass is 79.9. The standard InChI is InChI=1S/C15H14BrFN2O3S/c1-2-18-23(21,22)12-6-3-10(4-7-12)15(20)19-14-8-5-11(16)9-13(14)17/h3-9,18H,2H2,1H3,(H,19,20). The molecule has 0 heterocycles. The zero-order valence-electron chi connectivity index (χ0n) is 12.1. The molecule has 8 heteroatoms. The predicted molar refractivity (Wildman–Crippen MR) is 89.4 cm³/mol. The first-order valence-electron chi connectivity index (χ1n) is 6.69. The molecule has 23 heavy (non-hydrogen) atoms. The maximum Gasteiger partial charge on any atom is 0.255 e. The van der Waals surface area contributed by atoms with E-state index in [0.29, 0.717) is 4.47 Å². The molecule has 2 aromatic rings. The first-order chi connectivity index (χ1) is 10.8. The van der Waals surface area contributed by atoms with Gasteiger partial charge in [0.05, 0.1) is 10.6 Å². The SMILES string of the molecule is CCNS(=O)(=O)c1ccc(C(=O)Nc2ccc(Br)cc2F)cc1. The van der Waals surface area contributed by atoms with Gasteiger partial charge in [-0.3, -0.25) is 4.79 Å². The van der Waals surface area contributed by atoms with Crippen molar-refractivity contribution in [2.24, 2.45) is 0 Å². The van der Waals surface area contributed by atoms with Crippen LogP contribution in [0, 0.1) is 5.82 Å². The fraction of sp³-hybridized carbons (Fsp3) is 0.133. The van der Waals surface area contributed by atoms with E-state index >= 15 is 0 Å². The van der Waals surface area contributed by atoms with Crippen LogP contribution in [-0.4, -0.2) is 20.9 Å². The Balaban J connectivity index is 2.17. The van der Waals surface area contributed by atoms with Crippen LogP contribution in [0.1, 0.15) is 17.3 Å². The first-order valence-corrected chi connectivity index (χ1v) is 8.97. The Morgan fingerprint density at radius 3 is 2.39 bits per heavy atom. The van der Waals surface area contributed by atoms with E-state index in [-0.39, 0.29) is 22.7 Å². The van der Waals surface area contributed by atoms with E-state index < -0.39 is 21.7 Å². The molecule has 5 nitrogen and oxygen atoms in total. The Morgan fingerprint density at radius 2 is 1.83 bits per heavy atom. The molecular formula is C15H14BrFN2O3S. The van der Waals surface area contributed by atoms with E-state index in [0.717, 1.165) is 0 Å². The highest BCUT2D eigenvalue weighted by Crippen LogP contribution is 2.20. The minimum Gasteiger partial charge on any atom is -0.319 e. The number of rotatable bonds is 5. The second kappa shape index (κ2) is 7.20. The second-order valence-electron chi connectivity index (χ2n) is 4.60. The minimum atomic E-state index is -3.57. The number of nitrogens with one attached hydrogen (secondary N) is 2. The lowest BCUT2D eigenvalue weighted by atomic mass is 10.2. The van der Waals surface area contributed by atoms with Crippen molar-refractivity contribution in [1.29, 1.82) is 0 Å². The third-order valence-corrected chi connectivity index (χ3v) is 5.00. The van der Waals surface area contributed by atoms with Crippen molar-refractivity contribution in [1.82, 2.24) is 4.72 Å². The van der Waals surface area contributed by atoms with Crippen LogP contribution in [0.3, 0.4) is 0 Å². The monoisotopic (exact) mass is 400 g/mol. The molecule has 0 bridgehead atoms. The fourth-order valence-electron chi connectivity index (χ4n) is 1.84. The van der Waals surface area contributed by atoms with Crippen molar-refractivity contribution in [3.8, 4) is 0 Å². The summed E-state index contributed by atoms with van der Waals surface area (Å²) in [5, 5.41) is 2.44. The van der Waals surface area contributed by atoms with Gasteiger partial charge < -0.3 is 5.32 Å². The van der Waals surface area contributed by atoms with Crippen LogP contribution in [0.5, 0.6) is 0 Å². The molecule has 0 unspecified atom stereocenters. The summed E-state index contributed by atoms with van der Waals surface area (Å²) in [7, 11) is -3.57. The van der Waals surface area contributed by atoms with Crippen molar-refractivity contribution >= 4 is 37.5 Å². The summed E-state index contributed by atoms with van der Waals surface area (Å²) < 4.78 is 40.2. The lowest BCUT2D eigenvalue weighted by Crippen LogP contribution is -2.23. The summed E-state index contributed by atoms with van der Waals surface area (Å²) in [4.78, 5) is 12.1. The molecule has 2 rings (SSSR count). The van der Waals surface area contributed by atoms with E-state index in [9.17, 15) is 17.6 Å². The van der Waals surface area contributed by atoms with Gasteiger partial charge in [0.25, 0.3) is 5.91 Å². The smallest absolute Gasteiger partial charge is 0.255 e. The number of carbonyl (C=O) groups excluding carboxylic acids is 1. The van der Waals surface area contributed by atoms with E-state index in [2.05, 4.69) is 26.0 Å². The van der Waals surface area contributed by atoms with Crippen LogP contribution < -0.4 is 10.0 Å². The predicted octanol–water partition coefficient (Wildman–Crippen LogP) is 3.14. The van der Waals surface area contributed by atoms with Crippen LogP contribution in [0.2, 0.25) is 0 Å². The second-order valence-corrected chi connectivity index (χ2v) is 7.29. The molecule has 0 aliphatic rings. The number of benzene rings is 2. The zero-order chi connectivity index (χ0) is 17.0. The van der Waals surface area contributed by atoms with Gasteiger partial charge in [-0.25, -0.2) is 17.5 Å². The molecule has 0 aliphatic heterocycles. The molecule has 0 aliphatic carbocycles. The van der Waals surface area contributed by atoms with Gasteiger partial charge in [-0.2, -0.15) is 0 Å². The van der Waals surface area contributed by atoms with Crippen molar-refractivity contribution in [2.45, 2.75) is 11.8 Å². The largest absolute Gasteiger partial charge is 0.319 e. The molecule has 0 fully saturated rings. The molecule has 0 spiro atoms. The van der Waals surface area contributed by atoms with Crippen LogP contribution in [-0.2, 0) is 10.0 Å². The summed E-state index contributed by atoms with van der Waals surface area (Å²) in [6.45, 7) is 1.94. The average Bonchev–Trinajstić information content (AvgIpc) is 2.50.